The van der Waals surface area contributed by atoms with Gasteiger partial charge in [0.15, 0.2) is 0 Å². The average Bonchev–Trinajstić information content (AvgIpc) is 2.09. The number of nitrogen functional groups attached to an aromatic ring is 1. The van der Waals surface area contributed by atoms with Crippen LogP contribution in [0.4, 0.5) is 5.69 Å². The van der Waals surface area contributed by atoms with Crippen LogP contribution in [0.5, 0.6) is 5.75 Å². The molecule has 0 heterocycles. The molecule has 0 saturated carbocycles. The summed E-state index contributed by atoms with van der Waals surface area (Å²) >= 11 is 0. The van der Waals surface area contributed by atoms with E-state index in [2.05, 4.69) is 5.92 Å². The van der Waals surface area contributed by atoms with Gasteiger partial charge in [0.25, 0.3) is 0 Å². The second-order valence-corrected chi connectivity index (χ2v) is 2.83. The minimum atomic E-state index is 0.557. The zero-order valence-corrected chi connectivity index (χ0v) is 7.71. The summed E-state index contributed by atoms with van der Waals surface area (Å²) < 4.78 is 5.43. The molecule has 0 radical (unpaired) electrons. The van der Waals surface area contributed by atoms with Crippen molar-refractivity contribution in [1.82, 2.24) is 0 Å². The monoisotopic (exact) mass is 175 g/mol. The van der Waals surface area contributed by atoms with Crippen LogP contribution in [-0.2, 0) is 0 Å². The van der Waals surface area contributed by atoms with E-state index in [4.69, 9.17) is 16.9 Å². The number of terminal acetylenes is 1. The molecule has 0 unspecified atom stereocenters. The fourth-order valence-electron chi connectivity index (χ4n) is 1.05. The Labute approximate surface area is 78.7 Å². The Kier molecular flexibility index (Phi) is 3.22. The summed E-state index contributed by atoms with van der Waals surface area (Å²) in [6, 6.07) is 5.56. The maximum absolute atomic E-state index is 5.59. The molecule has 68 valence electrons. The molecule has 2 N–H and O–H groups in total. The summed E-state index contributed by atoms with van der Waals surface area (Å²) in [6.07, 6.45) is 5.73. The molecule has 0 spiro atoms. The van der Waals surface area contributed by atoms with Gasteiger partial charge in [0.05, 0.1) is 6.61 Å². The van der Waals surface area contributed by atoms with Gasteiger partial charge in [-0.3, -0.25) is 0 Å². The van der Waals surface area contributed by atoms with Gasteiger partial charge in [-0.05, 0) is 30.7 Å². The molecule has 0 aromatic heterocycles. The molecule has 0 aliphatic rings. The third-order valence-electron chi connectivity index (χ3n) is 1.70. The third kappa shape index (κ3) is 2.72. The molecule has 0 saturated heterocycles. The van der Waals surface area contributed by atoms with Crippen molar-refractivity contribution in [2.75, 3.05) is 12.3 Å². The maximum Gasteiger partial charge on any atom is 0.122 e. The van der Waals surface area contributed by atoms with Gasteiger partial charge in [-0.1, -0.05) is 0 Å². The molecule has 2 heteroatoms. The lowest BCUT2D eigenvalue weighted by Gasteiger charge is -2.07. The van der Waals surface area contributed by atoms with Crippen LogP contribution in [0, 0.1) is 19.3 Å². The van der Waals surface area contributed by atoms with Gasteiger partial charge in [-0.25, -0.2) is 0 Å². The second-order valence-electron chi connectivity index (χ2n) is 2.83. The first-order valence-corrected chi connectivity index (χ1v) is 4.16. The quantitative estimate of drug-likeness (QED) is 0.433. The molecule has 1 aromatic carbocycles. The lowest BCUT2D eigenvalue weighted by atomic mass is 10.2. The van der Waals surface area contributed by atoms with Gasteiger partial charge in [0.1, 0.15) is 5.75 Å². The van der Waals surface area contributed by atoms with E-state index in [9.17, 15) is 0 Å². The summed E-state index contributed by atoms with van der Waals surface area (Å²) in [6.45, 7) is 2.52. The molecule has 1 aromatic rings. The first-order valence-electron chi connectivity index (χ1n) is 4.16. The van der Waals surface area contributed by atoms with Crippen LogP contribution in [0.25, 0.3) is 0 Å². The molecule has 0 aliphatic heterocycles. The summed E-state index contributed by atoms with van der Waals surface area (Å²) in [5.41, 5.74) is 7.39. The fraction of sp³-hybridized carbons (Fsp3) is 0.273. The SMILES string of the molecule is C#CCCOc1ccc(N)cc1C. The summed E-state index contributed by atoms with van der Waals surface area (Å²) in [5, 5.41) is 0. The molecule has 2 nitrogen and oxygen atoms in total. The van der Waals surface area contributed by atoms with Crippen LogP contribution in [0.15, 0.2) is 18.2 Å². The molecule has 0 atom stereocenters. The van der Waals surface area contributed by atoms with E-state index in [-0.39, 0.29) is 0 Å². The smallest absolute Gasteiger partial charge is 0.122 e. The normalized spacial score (nSPS) is 9.23. The Bertz CT molecular complexity index is 325. The summed E-state index contributed by atoms with van der Waals surface area (Å²) in [4.78, 5) is 0. The summed E-state index contributed by atoms with van der Waals surface area (Å²) in [7, 11) is 0. The molecule has 0 amide bonds. The number of benzene rings is 1. The average molecular weight is 175 g/mol. The van der Waals surface area contributed by atoms with Crippen molar-refractivity contribution < 1.29 is 4.74 Å². The van der Waals surface area contributed by atoms with Crippen molar-refractivity contribution in [1.29, 1.82) is 0 Å². The number of rotatable bonds is 3. The van der Waals surface area contributed by atoms with Gasteiger partial charge in [0, 0.05) is 12.1 Å². The van der Waals surface area contributed by atoms with Gasteiger partial charge in [-0.2, -0.15) is 0 Å². The van der Waals surface area contributed by atoms with E-state index in [1.54, 1.807) is 0 Å². The Morgan fingerprint density at radius 3 is 2.92 bits per heavy atom. The van der Waals surface area contributed by atoms with Crippen molar-refractivity contribution in [2.45, 2.75) is 13.3 Å². The lowest BCUT2D eigenvalue weighted by molar-refractivity contribution is 0.325. The molecule has 1 rings (SSSR count). The molecule has 0 aliphatic carbocycles. The number of hydrogen-bond donors (Lipinski definition) is 1. The number of anilines is 1. The zero-order valence-electron chi connectivity index (χ0n) is 7.71. The van der Waals surface area contributed by atoms with E-state index in [1.165, 1.54) is 0 Å². The van der Waals surface area contributed by atoms with E-state index < -0.39 is 0 Å². The first kappa shape index (κ1) is 9.47. The topological polar surface area (TPSA) is 35.2 Å². The van der Waals surface area contributed by atoms with Crippen molar-refractivity contribution in [3.8, 4) is 18.1 Å². The minimum Gasteiger partial charge on any atom is -0.492 e. The predicted molar refractivity (Wildman–Crippen MR) is 54.5 cm³/mol. The van der Waals surface area contributed by atoms with Crippen LogP contribution in [-0.4, -0.2) is 6.61 Å². The van der Waals surface area contributed by atoms with Gasteiger partial charge >= 0.3 is 0 Å². The van der Waals surface area contributed by atoms with E-state index in [0.717, 1.165) is 17.0 Å². The number of aryl methyl sites for hydroxylation is 1. The molecule has 0 fully saturated rings. The molecular formula is C11H13NO. The highest BCUT2D eigenvalue weighted by Gasteiger charge is 1.98. The number of hydrogen-bond acceptors (Lipinski definition) is 2. The van der Waals surface area contributed by atoms with Crippen LogP contribution in [0.1, 0.15) is 12.0 Å². The van der Waals surface area contributed by atoms with Crippen LogP contribution in [0.2, 0.25) is 0 Å². The van der Waals surface area contributed by atoms with Crippen LogP contribution < -0.4 is 10.5 Å². The molecule has 13 heavy (non-hydrogen) atoms. The largest absolute Gasteiger partial charge is 0.492 e. The van der Waals surface area contributed by atoms with Gasteiger partial charge in [-0.15, -0.1) is 12.3 Å². The zero-order chi connectivity index (χ0) is 9.68. The Morgan fingerprint density at radius 2 is 2.31 bits per heavy atom. The highest BCUT2D eigenvalue weighted by atomic mass is 16.5. The van der Waals surface area contributed by atoms with Crippen molar-refractivity contribution in [2.24, 2.45) is 0 Å². The highest BCUT2D eigenvalue weighted by molar-refractivity contribution is 5.47. The molecular weight excluding hydrogens is 162 g/mol. The van der Waals surface area contributed by atoms with E-state index in [1.807, 2.05) is 25.1 Å². The Balaban J connectivity index is 2.62. The van der Waals surface area contributed by atoms with Crippen molar-refractivity contribution in [3.05, 3.63) is 23.8 Å². The number of ether oxygens (including phenoxy) is 1. The fourth-order valence-corrected chi connectivity index (χ4v) is 1.05. The Hall–Kier alpha value is -1.62. The minimum absolute atomic E-state index is 0.557. The van der Waals surface area contributed by atoms with E-state index in [0.29, 0.717) is 13.0 Å². The van der Waals surface area contributed by atoms with Crippen LogP contribution >= 0.6 is 0 Å². The van der Waals surface area contributed by atoms with Crippen LogP contribution in [0.3, 0.4) is 0 Å². The molecule has 0 bridgehead atoms. The summed E-state index contributed by atoms with van der Waals surface area (Å²) in [5.74, 6) is 3.37. The van der Waals surface area contributed by atoms with Gasteiger partial charge in [0.2, 0.25) is 0 Å². The highest BCUT2D eigenvalue weighted by Crippen LogP contribution is 2.19. The third-order valence-corrected chi connectivity index (χ3v) is 1.70. The Morgan fingerprint density at radius 1 is 1.54 bits per heavy atom. The van der Waals surface area contributed by atoms with E-state index >= 15 is 0 Å². The maximum atomic E-state index is 5.59. The van der Waals surface area contributed by atoms with Crippen molar-refractivity contribution in [3.63, 3.8) is 0 Å². The lowest BCUT2D eigenvalue weighted by Crippen LogP contribution is -1.98. The second kappa shape index (κ2) is 4.42. The predicted octanol–water partition coefficient (Wildman–Crippen LogP) is 1.98. The van der Waals surface area contributed by atoms with Gasteiger partial charge < -0.3 is 10.5 Å². The standard InChI is InChI=1S/C11H13NO/c1-3-4-7-13-11-6-5-10(12)8-9(11)2/h1,5-6,8H,4,7,12H2,2H3. The van der Waals surface area contributed by atoms with Crippen molar-refractivity contribution >= 4 is 5.69 Å². The first-order chi connectivity index (χ1) is 6.24. The number of nitrogens with two attached hydrogens (primary N) is 1.